The Kier molecular flexibility index (Phi) is 7.57. The van der Waals surface area contributed by atoms with Gasteiger partial charge in [0.25, 0.3) is 0 Å². The van der Waals surface area contributed by atoms with Crippen molar-refractivity contribution in [3.63, 3.8) is 0 Å². The summed E-state index contributed by atoms with van der Waals surface area (Å²) in [4.78, 5) is 0. The van der Waals surface area contributed by atoms with Crippen LogP contribution in [0.25, 0.3) is 0 Å². The fourth-order valence-electron chi connectivity index (χ4n) is 2.76. The summed E-state index contributed by atoms with van der Waals surface area (Å²) in [6.07, 6.45) is 0.769. The minimum absolute atomic E-state index is 0.414. The SMILES string of the molecule is CCOc1cc(CNn2c(CC)n[nH]c2=S)cc(Br)c1OCc1ccc(Cl)cc1. The molecule has 2 aromatic carbocycles. The summed E-state index contributed by atoms with van der Waals surface area (Å²) in [5.41, 5.74) is 5.34. The van der Waals surface area contributed by atoms with Crippen LogP contribution in [-0.4, -0.2) is 21.5 Å². The molecule has 0 atom stereocenters. The molecule has 0 radical (unpaired) electrons. The highest BCUT2D eigenvalue weighted by Crippen LogP contribution is 2.37. The minimum atomic E-state index is 0.414. The second-order valence-electron chi connectivity index (χ2n) is 6.22. The number of aryl methyl sites for hydroxylation is 1. The van der Waals surface area contributed by atoms with Crippen LogP contribution in [0.1, 0.15) is 30.8 Å². The maximum atomic E-state index is 6.04. The number of ether oxygens (including phenoxy) is 2. The number of aromatic nitrogens is 3. The standard InChI is InChI=1S/C20H22BrClN4O2S/c1-3-18-24-25-20(29)26(18)23-11-14-9-16(21)19(17(10-14)27-4-2)28-12-13-5-7-15(22)8-6-13/h5-10,23H,3-4,11-12H2,1-2H3,(H,25,29). The van der Waals surface area contributed by atoms with Gasteiger partial charge in [-0.1, -0.05) is 30.7 Å². The molecule has 9 heteroatoms. The van der Waals surface area contributed by atoms with Crippen molar-refractivity contribution >= 4 is 39.7 Å². The highest BCUT2D eigenvalue weighted by atomic mass is 79.9. The van der Waals surface area contributed by atoms with E-state index in [1.807, 2.05) is 50.2 Å². The van der Waals surface area contributed by atoms with E-state index in [4.69, 9.17) is 33.3 Å². The molecule has 6 nitrogen and oxygen atoms in total. The van der Waals surface area contributed by atoms with Crippen molar-refractivity contribution in [2.75, 3.05) is 12.0 Å². The van der Waals surface area contributed by atoms with Crippen LogP contribution in [0.4, 0.5) is 0 Å². The number of nitrogens with zero attached hydrogens (tertiary/aromatic N) is 2. The highest BCUT2D eigenvalue weighted by molar-refractivity contribution is 9.10. The Bertz CT molecular complexity index is 1020. The maximum Gasteiger partial charge on any atom is 0.214 e. The lowest BCUT2D eigenvalue weighted by molar-refractivity contribution is 0.267. The Labute approximate surface area is 188 Å². The first-order chi connectivity index (χ1) is 14.0. The lowest BCUT2D eigenvalue weighted by Gasteiger charge is -2.16. The molecule has 0 saturated heterocycles. The Morgan fingerprint density at radius 1 is 1.17 bits per heavy atom. The molecule has 3 aromatic rings. The van der Waals surface area contributed by atoms with Crippen LogP contribution in [0, 0.1) is 4.77 Å². The van der Waals surface area contributed by atoms with Gasteiger partial charge in [-0.3, -0.25) is 5.10 Å². The van der Waals surface area contributed by atoms with E-state index in [2.05, 4.69) is 31.6 Å². The van der Waals surface area contributed by atoms with Crippen molar-refractivity contribution in [2.24, 2.45) is 0 Å². The van der Waals surface area contributed by atoms with Gasteiger partial charge in [0.1, 0.15) is 6.61 Å². The predicted molar refractivity (Wildman–Crippen MR) is 121 cm³/mol. The summed E-state index contributed by atoms with van der Waals surface area (Å²) in [5, 5.41) is 7.71. The van der Waals surface area contributed by atoms with Crippen LogP contribution in [0.5, 0.6) is 11.5 Å². The first-order valence-corrected chi connectivity index (χ1v) is 10.8. The van der Waals surface area contributed by atoms with E-state index >= 15 is 0 Å². The molecule has 1 aromatic heterocycles. The van der Waals surface area contributed by atoms with Gasteiger partial charge in [-0.05, 0) is 70.5 Å². The van der Waals surface area contributed by atoms with Gasteiger partial charge in [0.05, 0.1) is 17.6 Å². The molecular weight excluding hydrogens is 476 g/mol. The van der Waals surface area contributed by atoms with Gasteiger partial charge in [-0.2, -0.15) is 5.10 Å². The van der Waals surface area contributed by atoms with E-state index < -0.39 is 0 Å². The second kappa shape index (κ2) is 10.1. The van der Waals surface area contributed by atoms with Gasteiger partial charge in [0, 0.05) is 11.4 Å². The number of H-pyrrole nitrogens is 1. The minimum Gasteiger partial charge on any atom is -0.490 e. The molecule has 29 heavy (non-hydrogen) atoms. The summed E-state index contributed by atoms with van der Waals surface area (Å²) < 4.78 is 15.0. The Morgan fingerprint density at radius 3 is 2.62 bits per heavy atom. The van der Waals surface area contributed by atoms with E-state index in [-0.39, 0.29) is 0 Å². The smallest absolute Gasteiger partial charge is 0.214 e. The summed E-state index contributed by atoms with van der Waals surface area (Å²) in [6, 6.07) is 11.5. The van der Waals surface area contributed by atoms with Crippen LogP contribution in [0.2, 0.25) is 5.02 Å². The lowest BCUT2D eigenvalue weighted by Crippen LogP contribution is -2.17. The van der Waals surface area contributed by atoms with E-state index in [0.717, 1.165) is 27.8 Å². The molecule has 0 aliphatic rings. The van der Waals surface area contributed by atoms with E-state index in [9.17, 15) is 0 Å². The third-order valence-electron chi connectivity index (χ3n) is 4.16. The van der Waals surface area contributed by atoms with Gasteiger partial charge in [-0.25, -0.2) is 4.68 Å². The van der Waals surface area contributed by atoms with Crippen LogP contribution in [-0.2, 0) is 19.6 Å². The summed E-state index contributed by atoms with van der Waals surface area (Å²) >= 11 is 14.8. The number of benzene rings is 2. The molecule has 0 fully saturated rings. The zero-order chi connectivity index (χ0) is 20.8. The average molecular weight is 498 g/mol. The molecule has 1 heterocycles. The summed E-state index contributed by atoms with van der Waals surface area (Å²) in [5.74, 6) is 2.20. The molecule has 0 aliphatic carbocycles. The van der Waals surface area contributed by atoms with Crippen molar-refractivity contribution in [2.45, 2.75) is 33.4 Å². The fraction of sp³-hybridized carbons (Fsp3) is 0.300. The van der Waals surface area contributed by atoms with Crippen molar-refractivity contribution in [3.8, 4) is 11.5 Å². The number of nitrogens with one attached hydrogen (secondary N) is 2. The molecule has 0 amide bonds. The first-order valence-electron chi connectivity index (χ1n) is 9.24. The van der Waals surface area contributed by atoms with Gasteiger partial charge in [0.2, 0.25) is 4.77 Å². The highest BCUT2D eigenvalue weighted by Gasteiger charge is 2.13. The lowest BCUT2D eigenvalue weighted by atomic mass is 10.2. The summed E-state index contributed by atoms with van der Waals surface area (Å²) in [6.45, 7) is 5.47. The van der Waals surface area contributed by atoms with E-state index in [1.165, 1.54) is 0 Å². The van der Waals surface area contributed by atoms with Crippen molar-refractivity contribution in [3.05, 3.63) is 67.6 Å². The molecule has 3 rings (SSSR count). The number of rotatable bonds is 9. The Morgan fingerprint density at radius 2 is 1.93 bits per heavy atom. The third kappa shape index (κ3) is 5.52. The number of aromatic amines is 1. The van der Waals surface area contributed by atoms with Gasteiger partial charge < -0.3 is 14.9 Å². The van der Waals surface area contributed by atoms with Crippen LogP contribution in [0.3, 0.4) is 0 Å². The Hall–Kier alpha value is -2.03. The molecule has 0 aliphatic heterocycles. The van der Waals surface area contributed by atoms with Crippen molar-refractivity contribution in [1.29, 1.82) is 0 Å². The normalized spacial score (nSPS) is 10.8. The van der Waals surface area contributed by atoms with Gasteiger partial charge in [-0.15, -0.1) is 0 Å². The monoisotopic (exact) mass is 496 g/mol. The second-order valence-corrected chi connectivity index (χ2v) is 7.90. The molecular formula is C20H22BrClN4O2S. The average Bonchev–Trinajstić information content (AvgIpc) is 3.07. The number of hydrogen-bond acceptors (Lipinski definition) is 5. The molecule has 0 saturated carbocycles. The first kappa shape index (κ1) is 21.7. The zero-order valence-electron chi connectivity index (χ0n) is 16.2. The van der Waals surface area contributed by atoms with Gasteiger partial charge in [0.15, 0.2) is 17.3 Å². The number of hydrogen-bond donors (Lipinski definition) is 2. The van der Waals surface area contributed by atoms with E-state index in [1.54, 1.807) is 4.68 Å². The topological polar surface area (TPSA) is 64.1 Å². The largest absolute Gasteiger partial charge is 0.490 e. The molecule has 0 bridgehead atoms. The fourth-order valence-corrected chi connectivity index (χ4v) is 3.71. The maximum absolute atomic E-state index is 6.04. The zero-order valence-corrected chi connectivity index (χ0v) is 19.3. The van der Waals surface area contributed by atoms with Crippen LogP contribution >= 0.6 is 39.7 Å². The van der Waals surface area contributed by atoms with E-state index in [0.29, 0.717) is 41.1 Å². The predicted octanol–water partition coefficient (Wildman–Crippen LogP) is 5.64. The quantitative estimate of drug-likeness (QED) is 0.375. The molecule has 2 N–H and O–H groups in total. The molecule has 0 unspecified atom stereocenters. The van der Waals surface area contributed by atoms with Crippen molar-refractivity contribution < 1.29 is 9.47 Å². The van der Waals surface area contributed by atoms with Gasteiger partial charge >= 0.3 is 0 Å². The molecule has 0 spiro atoms. The van der Waals surface area contributed by atoms with Crippen LogP contribution in [0.15, 0.2) is 40.9 Å². The number of halogens is 2. The summed E-state index contributed by atoms with van der Waals surface area (Å²) in [7, 11) is 0. The Balaban J connectivity index is 1.77. The van der Waals surface area contributed by atoms with Crippen molar-refractivity contribution in [1.82, 2.24) is 14.9 Å². The van der Waals surface area contributed by atoms with Crippen LogP contribution < -0.4 is 14.9 Å². The third-order valence-corrected chi connectivity index (χ3v) is 5.28. The molecule has 154 valence electrons.